The summed E-state index contributed by atoms with van der Waals surface area (Å²) < 4.78 is 10.3. The second-order valence-electron chi connectivity index (χ2n) is 5.26. The van der Waals surface area contributed by atoms with E-state index in [0.717, 1.165) is 24.8 Å². The van der Waals surface area contributed by atoms with Gasteiger partial charge in [0.25, 0.3) is 0 Å². The van der Waals surface area contributed by atoms with E-state index in [0.29, 0.717) is 17.4 Å². The number of aliphatic hydroxyl groups is 1. The average molecular weight is 304 g/mol. The molecule has 0 aliphatic heterocycles. The van der Waals surface area contributed by atoms with Gasteiger partial charge in [-0.25, -0.2) is 9.59 Å². The van der Waals surface area contributed by atoms with Crippen LogP contribution >= 0.6 is 0 Å². The highest BCUT2D eigenvalue weighted by Gasteiger charge is 2.15. The Balaban J connectivity index is 2.00. The van der Waals surface area contributed by atoms with Gasteiger partial charge in [-0.1, -0.05) is 18.6 Å². The maximum absolute atomic E-state index is 11.9. The largest absolute Gasteiger partial charge is 0.462 e. The second-order valence-corrected chi connectivity index (χ2v) is 5.26. The van der Waals surface area contributed by atoms with Crippen molar-refractivity contribution in [3.05, 3.63) is 45.8 Å². The SMILES string of the molecule is Cc1ccc2cc(C(=O)OCCCCCCO)c(=O)oc2c1. The van der Waals surface area contributed by atoms with Gasteiger partial charge in [0.1, 0.15) is 11.1 Å². The molecule has 5 nitrogen and oxygen atoms in total. The average Bonchev–Trinajstić information content (AvgIpc) is 2.49. The lowest BCUT2D eigenvalue weighted by atomic mass is 10.1. The van der Waals surface area contributed by atoms with Crippen molar-refractivity contribution in [3.63, 3.8) is 0 Å². The zero-order chi connectivity index (χ0) is 15.9. The number of benzene rings is 1. The van der Waals surface area contributed by atoms with Gasteiger partial charge in [-0.05, 0) is 43.9 Å². The molecule has 0 amide bonds. The van der Waals surface area contributed by atoms with Crippen molar-refractivity contribution in [2.24, 2.45) is 0 Å². The molecule has 0 saturated heterocycles. The van der Waals surface area contributed by atoms with E-state index in [2.05, 4.69) is 0 Å². The number of fused-ring (bicyclic) bond motifs is 1. The number of aryl methyl sites for hydroxylation is 1. The number of unbranched alkanes of at least 4 members (excludes halogenated alkanes) is 3. The molecule has 0 fully saturated rings. The fourth-order valence-corrected chi connectivity index (χ4v) is 2.17. The number of esters is 1. The quantitative estimate of drug-likeness (QED) is 0.483. The fourth-order valence-electron chi connectivity index (χ4n) is 2.17. The minimum Gasteiger partial charge on any atom is -0.462 e. The highest BCUT2D eigenvalue weighted by atomic mass is 16.5. The summed E-state index contributed by atoms with van der Waals surface area (Å²) in [5.41, 5.74) is 0.689. The van der Waals surface area contributed by atoms with Gasteiger partial charge >= 0.3 is 11.6 Å². The van der Waals surface area contributed by atoms with E-state index in [9.17, 15) is 9.59 Å². The Bertz CT molecular complexity index is 702. The monoisotopic (exact) mass is 304 g/mol. The lowest BCUT2D eigenvalue weighted by Gasteiger charge is -2.05. The Labute approximate surface area is 128 Å². The van der Waals surface area contributed by atoms with Crippen LogP contribution in [0.1, 0.15) is 41.6 Å². The van der Waals surface area contributed by atoms with E-state index in [4.69, 9.17) is 14.3 Å². The minimum atomic E-state index is -0.677. The molecule has 0 bridgehead atoms. The number of hydrogen-bond donors (Lipinski definition) is 1. The molecular formula is C17H20O5. The smallest absolute Gasteiger partial charge is 0.351 e. The molecule has 118 valence electrons. The molecule has 0 aliphatic rings. The number of rotatable bonds is 7. The van der Waals surface area contributed by atoms with Crippen molar-refractivity contribution in [1.82, 2.24) is 0 Å². The summed E-state index contributed by atoms with van der Waals surface area (Å²) in [5, 5.41) is 9.36. The summed E-state index contributed by atoms with van der Waals surface area (Å²) in [6, 6.07) is 6.96. The van der Waals surface area contributed by atoms with Gasteiger partial charge in [0.2, 0.25) is 0 Å². The van der Waals surface area contributed by atoms with Crippen molar-refractivity contribution < 1.29 is 19.1 Å². The summed E-state index contributed by atoms with van der Waals surface area (Å²) in [7, 11) is 0. The van der Waals surface area contributed by atoms with Gasteiger partial charge in [-0.15, -0.1) is 0 Å². The molecule has 0 spiro atoms. The van der Waals surface area contributed by atoms with Gasteiger partial charge in [0, 0.05) is 12.0 Å². The highest BCUT2D eigenvalue weighted by Crippen LogP contribution is 2.15. The first-order valence-corrected chi connectivity index (χ1v) is 7.44. The second kappa shape index (κ2) is 7.75. The molecule has 0 saturated carbocycles. The third kappa shape index (κ3) is 4.18. The van der Waals surface area contributed by atoms with Crippen LogP contribution in [0.15, 0.2) is 33.5 Å². The summed E-state index contributed by atoms with van der Waals surface area (Å²) in [6.07, 6.45) is 3.23. The number of carbonyl (C=O) groups is 1. The number of carbonyl (C=O) groups excluding carboxylic acids is 1. The Hall–Kier alpha value is -2.14. The first kappa shape index (κ1) is 16.2. The van der Waals surface area contributed by atoms with Crippen LogP contribution in [0.2, 0.25) is 0 Å². The van der Waals surface area contributed by atoms with Crippen molar-refractivity contribution >= 4 is 16.9 Å². The lowest BCUT2D eigenvalue weighted by molar-refractivity contribution is 0.0492. The Morgan fingerprint density at radius 2 is 1.95 bits per heavy atom. The predicted molar refractivity (Wildman–Crippen MR) is 83.1 cm³/mol. The van der Waals surface area contributed by atoms with Crippen LogP contribution in [0.25, 0.3) is 11.0 Å². The number of hydrogen-bond acceptors (Lipinski definition) is 5. The van der Waals surface area contributed by atoms with Crippen LogP contribution in [0.3, 0.4) is 0 Å². The topological polar surface area (TPSA) is 76.7 Å². The molecular weight excluding hydrogens is 284 g/mol. The third-order valence-corrected chi connectivity index (χ3v) is 3.40. The normalized spacial score (nSPS) is 10.8. The van der Waals surface area contributed by atoms with E-state index in [1.54, 1.807) is 12.1 Å². The van der Waals surface area contributed by atoms with Gasteiger partial charge < -0.3 is 14.3 Å². The lowest BCUT2D eigenvalue weighted by Crippen LogP contribution is -2.17. The molecule has 1 N–H and O–H groups in total. The molecule has 1 heterocycles. The molecule has 2 aromatic rings. The predicted octanol–water partition coefficient (Wildman–Crippen LogP) is 2.81. The van der Waals surface area contributed by atoms with Crippen LogP contribution in [0.4, 0.5) is 0 Å². The van der Waals surface area contributed by atoms with Crippen LogP contribution in [0, 0.1) is 6.92 Å². The Morgan fingerprint density at radius 3 is 2.73 bits per heavy atom. The molecule has 1 aromatic heterocycles. The Kier molecular flexibility index (Phi) is 5.72. The maximum Gasteiger partial charge on any atom is 0.351 e. The van der Waals surface area contributed by atoms with Crippen LogP contribution in [-0.2, 0) is 4.74 Å². The fraction of sp³-hybridized carbons (Fsp3) is 0.412. The van der Waals surface area contributed by atoms with Gasteiger partial charge in [-0.3, -0.25) is 0 Å². The standard InChI is InChI=1S/C17H20O5/c1-12-6-7-13-11-14(17(20)22-15(13)10-12)16(19)21-9-5-3-2-4-8-18/h6-7,10-11,18H,2-5,8-9H2,1H3. The first-order valence-electron chi connectivity index (χ1n) is 7.44. The molecule has 0 unspecified atom stereocenters. The zero-order valence-corrected chi connectivity index (χ0v) is 12.6. The molecule has 1 aromatic carbocycles. The van der Waals surface area contributed by atoms with E-state index in [1.165, 1.54) is 6.07 Å². The molecule has 22 heavy (non-hydrogen) atoms. The van der Waals surface area contributed by atoms with E-state index >= 15 is 0 Å². The molecule has 2 rings (SSSR count). The Morgan fingerprint density at radius 1 is 1.18 bits per heavy atom. The summed E-state index contributed by atoms with van der Waals surface area (Å²) in [5.74, 6) is -0.654. The van der Waals surface area contributed by atoms with Crippen LogP contribution in [0.5, 0.6) is 0 Å². The first-order chi connectivity index (χ1) is 10.6. The minimum absolute atomic E-state index is 0.0771. The number of ether oxygens (including phenoxy) is 1. The third-order valence-electron chi connectivity index (χ3n) is 3.40. The van der Waals surface area contributed by atoms with Crippen molar-refractivity contribution in [2.45, 2.75) is 32.6 Å². The van der Waals surface area contributed by atoms with Gasteiger partial charge in [-0.2, -0.15) is 0 Å². The highest BCUT2D eigenvalue weighted by molar-refractivity contribution is 5.92. The van der Waals surface area contributed by atoms with Crippen LogP contribution < -0.4 is 5.63 Å². The van der Waals surface area contributed by atoms with Crippen molar-refractivity contribution in [1.29, 1.82) is 0 Å². The van der Waals surface area contributed by atoms with Crippen molar-refractivity contribution in [2.75, 3.05) is 13.2 Å². The van der Waals surface area contributed by atoms with Gasteiger partial charge in [0.05, 0.1) is 6.61 Å². The van der Waals surface area contributed by atoms with E-state index < -0.39 is 11.6 Å². The maximum atomic E-state index is 11.9. The molecule has 0 atom stereocenters. The summed E-state index contributed by atoms with van der Waals surface area (Å²) >= 11 is 0. The molecule has 0 aliphatic carbocycles. The molecule has 5 heteroatoms. The van der Waals surface area contributed by atoms with Gasteiger partial charge in [0.15, 0.2) is 0 Å². The molecule has 0 radical (unpaired) electrons. The van der Waals surface area contributed by atoms with Crippen LogP contribution in [-0.4, -0.2) is 24.3 Å². The van der Waals surface area contributed by atoms with E-state index in [1.807, 2.05) is 13.0 Å². The zero-order valence-electron chi connectivity index (χ0n) is 12.6. The summed E-state index contributed by atoms with van der Waals surface area (Å²) in [4.78, 5) is 23.8. The van der Waals surface area contributed by atoms with E-state index in [-0.39, 0.29) is 18.8 Å². The van der Waals surface area contributed by atoms with Crippen molar-refractivity contribution in [3.8, 4) is 0 Å². The number of aliphatic hydroxyl groups excluding tert-OH is 1. The summed E-state index contributed by atoms with van der Waals surface area (Å²) in [6.45, 7) is 2.34.